The van der Waals surface area contributed by atoms with Crippen LogP contribution in [0.1, 0.15) is 37.8 Å². The van der Waals surface area contributed by atoms with Crippen molar-refractivity contribution in [2.24, 2.45) is 0 Å². The fourth-order valence-electron chi connectivity index (χ4n) is 2.58. The van der Waals surface area contributed by atoms with Crippen LogP contribution >= 0.6 is 0 Å². The van der Waals surface area contributed by atoms with Gasteiger partial charge in [-0.15, -0.1) is 0 Å². The number of benzene rings is 1. The molecule has 0 N–H and O–H groups in total. The zero-order valence-corrected chi connectivity index (χ0v) is 13.3. The van der Waals surface area contributed by atoms with Gasteiger partial charge in [-0.3, -0.25) is 0 Å². The highest BCUT2D eigenvalue weighted by Gasteiger charge is 2.18. The summed E-state index contributed by atoms with van der Waals surface area (Å²) < 4.78 is 6.27. The summed E-state index contributed by atoms with van der Waals surface area (Å²) in [4.78, 5) is 2.37. The van der Waals surface area contributed by atoms with Gasteiger partial charge in [0, 0.05) is 13.1 Å². The Balaban J connectivity index is 2.08. The van der Waals surface area contributed by atoms with Crippen molar-refractivity contribution in [3.05, 3.63) is 41.0 Å². The third-order valence-corrected chi connectivity index (χ3v) is 3.91. The molecular weight excluding hydrogens is 246 g/mol. The topological polar surface area (TPSA) is 12.5 Å². The van der Waals surface area contributed by atoms with Gasteiger partial charge in [-0.2, -0.15) is 0 Å². The predicted molar refractivity (Wildman–Crippen MR) is 85.5 cm³/mol. The molecule has 1 aliphatic rings. The molecule has 1 fully saturated rings. The standard InChI is InChI=1S/C18H27NO/c1-14(2)5-7-16-13-15(3)6-8-18(16)20-17-9-11-19(4)12-10-17/h5-6,8,13,17H,7,9-12H2,1-4H3. The molecule has 1 saturated heterocycles. The van der Waals surface area contributed by atoms with E-state index in [4.69, 9.17) is 4.74 Å². The van der Waals surface area contributed by atoms with Gasteiger partial charge >= 0.3 is 0 Å². The summed E-state index contributed by atoms with van der Waals surface area (Å²) in [7, 11) is 2.18. The van der Waals surface area contributed by atoms with Gasteiger partial charge in [-0.25, -0.2) is 0 Å². The van der Waals surface area contributed by atoms with E-state index in [1.165, 1.54) is 16.7 Å². The molecule has 0 atom stereocenters. The van der Waals surface area contributed by atoms with Crippen LogP contribution in [-0.4, -0.2) is 31.1 Å². The molecule has 1 heterocycles. The number of aryl methyl sites for hydroxylation is 1. The lowest BCUT2D eigenvalue weighted by molar-refractivity contribution is 0.113. The van der Waals surface area contributed by atoms with Crippen LogP contribution in [0, 0.1) is 6.92 Å². The summed E-state index contributed by atoms with van der Waals surface area (Å²) in [5, 5.41) is 0. The van der Waals surface area contributed by atoms with Crippen molar-refractivity contribution in [1.82, 2.24) is 4.90 Å². The van der Waals surface area contributed by atoms with E-state index in [0.29, 0.717) is 6.10 Å². The van der Waals surface area contributed by atoms with E-state index in [-0.39, 0.29) is 0 Å². The van der Waals surface area contributed by atoms with Gasteiger partial charge < -0.3 is 9.64 Å². The number of hydrogen-bond acceptors (Lipinski definition) is 2. The van der Waals surface area contributed by atoms with Crippen molar-refractivity contribution < 1.29 is 4.74 Å². The zero-order valence-electron chi connectivity index (χ0n) is 13.3. The molecule has 0 saturated carbocycles. The lowest BCUT2D eigenvalue weighted by Crippen LogP contribution is -2.35. The van der Waals surface area contributed by atoms with E-state index in [1.807, 2.05) is 0 Å². The molecule has 0 radical (unpaired) electrons. The monoisotopic (exact) mass is 273 g/mol. The molecular formula is C18H27NO. The van der Waals surface area contributed by atoms with Crippen molar-refractivity contribution in [2.75, 3.05) is 20.1 Å². The SMILES string of the molecule is CC(C)=CCc1cc(C)ccc1OC1CCN(C)CC1. The average molecular weight is 273 g/mol. The van der Waals surface area contributed by atoms with Crippen molar-refractivity contribution in [2.45, 2.75) is 46.1 Å². The van der Waals surface area contributed by atoms with Crippen LogP contribution in [0.4, 0.5) is 0 Å². The summed E-state index contributed by atoms with van der Waals surface area (Å²) in [5.74, 6) is 1.07. The maximum absolute atomic E-state index is 6.27. The Kier molecular flexibility index (Phi) is 5.24. The fraction of sp³-hybridized carbons (Fsp3) is 0.556. The van der Waals surface area contributed by atoms with Gasteiger partial charge in [0.05, 0.1) is 0 Å². The molecule has 2 heteroatoms. The Morgan fingerprint density at radius 2 is 2.00 bits per heavy atom. The number of rotatable bonds is 4. The van der Waals surface area contributed by atoms with Crippen LogP contribution in [0.2, 0.25) is 0 Å². The molecule has 1 aromatic rings. The van der Waals surface area contributed by atoms with Crippen LogP contribution in [0.5, 0.6) is 5.75 Å². The highest BCUT2D eigenvalue weighted by atomic mass is 16.5. The molecule has 0 aromatic heterocycles. The van der Waals surface area contributed by atoms with Gasteiger partial charge in [-0.1, -0.05) is 29.3 Å². The van der Waals surface area contributed by atoms with E-state index in [2.05, 4.69) is 57.0 Å². The van der Waals surface area contributed by atoms with Gasteiger partial charge in [0.1, 0.15) is 11.9 Å². The molecule has 0 aliphatic carbocycles. The highest BCUT2D eigenvalue weighted by Crippen LogP contribution is 2.25. The summed E-state index contributed by atoms with van der Waals surface area (Å²) in [6, 6.07) is 6.54. The van der Waals surface area contributed by atoms with E-state index >= 15 is 0 Å². The number of ether oxygens (including phenoxy) is 1. The smallest absolute Gasteiger partial charge is 0.123 e. The Morgan fingerprint density at radius 1 is 1.30 bits per heavy atom. The normalized spacial score (nSPS) is 17.0. The molecule has 1 aliphatic heterocycles. The van der Waals surface area contributed by atoms with Crippen LogP contribution in [-0.2, 0) is 6.42 Å². The molecule has 0 unspecified atom stereocenters. The van der Waals surface area contributed by atoms with Crippen LogP contribution in [0.15, 0.2) is 29.8 Å². The molecule has 20 heavy (non-hydrogen) atoms. The molecule has 0 amide bonds. The number of nitrogens with zero attached hydrogens (tertiary/aromatic N) is 1. The van der Waals surface area contributed by atoms with Crippen LogP contribution in [0.25, 0.3) is 0 Å². The number of likely N-dealkylation sites (tertiary alicyclic amines) is 1. The summed E-state index contributed by atoms with van der Waals surface area (Å²) >= 11 is 0. The van der Waals surface area contributed by atoms with Crippen molar-refractivity contribution in [3.8, 4) is 5.75 Å². The molecule has 2 nitrogen and oxygen atoms in total. The summed E-state index contributed by atoms with van der Waals surface area (Å²) in [6.45, 7) is 8.71. The fourth-order valence-corrected chi connectivity index (χ4v) is 2.58. The van der Waals surface area contributed by atoms with Crippen molar-refractivity contribution >= 4 is 0 Å². The summed E-state index contributed by atoms with van der Waals surface area (Å²) in [6.07, 6.45) is 5.88. The Hall–Kier alpha value is -1.28. The van der Waals surface area contributed by atoms with E-state index in [0.717, 1.165) is 38.1 Å². The number of allylic oxidation sites excluding steroid dienone is 2. The summed E-state index contributed by atoms with van der Waals surface area (Å²) in [5.41, 5.74) is 3.97. The second-order valence-electron chi connectivity index (χ2n) is 6.22. The van der Waals surface area contributed by atoms with Gasteiger partial charge in [0.2, 0.25) is 0 Å². The van der Waals surface area contributed by atoms with E-state index in [1.54, 1.807) is 0 Å². The first-order valence-electron chi connectivity index (χ1n) is 7.62. The first-order chi connectivity index (χ1) is 9.54. The van der Waals surface area contributed by atoms with E-state index in [9.17, 15) is 0 Å². The minimum absolute atomic E-state index is 0.374. The second-order valence-corrected chi connectivity index (χ2v) is 6.22. The second kappa shape index (κ2) is 6.94. The number of hydrogen-bond donors (Lipinski definition) is 0. The Morgan fingerprint density at radius 3 is 2.65 bits per heavy atom. The molecule has 0 bridgehead atoms. The van der Waals surface area contributed by atoms with Gasteiger partial charge in [-0.05, 0) is 58.7 Å². The maximum Gasteiger partial charge on any atom is 0.123 e. The zero-order chi connectivity index (χ0) is 14.5. The lowest BCUT2D eigenvalue weighted by Gasteiger charge is -2.30. The third kappa shape index (κ3) is 4.38. The van der Waals surface area contributed by atoms with Crippen molar-refractivity contribution in [1.29, 1.82) is 0 Å². The van der Waals surface area contributed by atoms with Gasteiger partial charge in [0.25, 0.3) is 0 Å². The van der Waals surface area contributed by atoms with Gasteiger partial charge in [0.15, 0.2) is 0 Å². The maximum atomic E-state index is 6.27. The lowest BCUT2D eigenvalue weighted by atomic mass is 10.0. The van der Waals surface area contributed by atoms with Crippen LogP contribution < -0.4 is 4.74 Å². The molecule has 0 spiro atoms. The Bertz CT molecular complexity index is 466. The molecule has 110 valence electrons. The number of piperidine rings is 1. The molecule has 1 aromatic carbocycles. The average Bonchev–Trinajstić information content (AvgIpc) is 2.41. The third-order valence-electron chi connectivity index (χ3n) is 3.91. The quantitative estimate of drug-likeness (QED) is 0.769. The minimum Gasteiger partial charge on any atom is -0.490 e. The largest absolute Gasteiger partial charge is 0.490 e. The predicted octanol–water partition coefficient (Wildman–Crippen LogP) is 3.98. The first kappa shape index (κ1) is 15.1. The van der Waals surface area contributed by atoms with Crippen LogP contribution in [0.3, 0.4) is 0 Å². The van der Waals surface area contributed by atoms with Crippen molar-refractivity contribution in [3.63, 3.8) is 0 Å². The van der Waals surface area contributed by atoms with E-state index < -0.39 is 0 Å². The highest BCUT2D eigenvalue weighted by molar-refractivity contribution is 5.38. The first-order valence-corrected chi connectivity index (χ1v) is 7.62. The molecule has 2 rings (SSSR count). The Labute approximate surface area is 123 Å². The minimum atomic E-state index is 0.374.